The summed E-state index contributed by atoms with van der Waals surface area (Å²) in [5.74, 6) is -2.25. The molecule has 0 aromatic heterocycles. The number of ether oxygens (including phenoxy) is 1. The van der Waals surface area contributed by atoms with Gasteiger partial charge in [-0.15, -0.1) is 0 Å². The van der Waals surface area contributed by atoms with Gasteiger partial charge in [0.25, 0.3) is 0 Å². The standard InChI is InChI=1S/C11H13FN2O4/c1-6(15)14-11-8(12)4-7(13)5-9(11)18-3-2-10(16)17/h4-5H,2-3,13H2,1H3,(H,14,15)(H,16,17). The first-order valence-electron chi connectivity index (χ1n) is 5.11. The van der Waals surface area contributed by atoms with E-state index >= 15 is 0 Å². The van der Waals surface area contributed by atoms with Crippen molar-refractivity contribution in [3.8, 4) is 5.75 Å². The number of benzene rings is 1. The third-order valence-electron chi connectivity index (χ3n) is 1.95. The van der Waals surface area contributed by atoms with Crippen LogP contribution in [0.2, 0.25) is 0 Å². The molecule has 6 nitrogen and oxygen atoms in total. The van der Waals surface area contributed by atoms with E-state index in [1.54, 1.807) is 0 Å². The van der Waals surface area contributed by atoms with Crippen molar-refractivity contribution in [2.75, 3.05) is 17.7 Å². The average Bonchev–Trinajstić information content (AvgIpc) is 2.22. The zero-order valence-corrected chi connectivity index (χ0v) is 9.70. The molecule has 1 amide bonds. The minimum absolute atomic E-state index is 0.00366. The van der Waals surface area contributed by atoms with E-state index in [0.717, 1.165) is 6.07 Å². The molecule has 1 rings (SSSR count). The molecule has 7 heteroatoms. The van der Waals surface area contributed by atoms with Crippen LogP contribution in [0.25, 0.3) is 0 Å². The summed E-state index contributed by atoms with van der Waals surface area (Å²) in [6, 6.07) is 2.35. The van der Waals surface area contributed by atoms with E-state index in [1.165, 1.54) is 13.0 Å². The minimum atomic E-state index is -1.04. The Bertz CT molecular complexity index is 476. The number of amides is 1. The Morgan fingerprint density at radius 3 is 2.72 bits per heavy atom. The molecular weight excluding hydrogens is 243 g/mol. The van der Waals surface area contributed by atoms with Crippen molar-refractivity contribution < 1.29 is 23.8 Å². The number of aliphatic carboxylic acids is 1. The normalized spacial score (nSPS) is 9.89. The van der Waals surface area contributed by atoms with Gasteiger partial charge in [0, 0.05) is 18.7 Å². The highest BCUT2D eigenvalue weighted by Gasteiger charge is 2.13. The van der Waals surface area contributed by atoms with Gasteiger partial charge in [0.2, 0.25) is 5.91 Å². The summed E-state index contributed by atoms with van der Waals surface area (Å²) in [4.78, 5) is 21.3. The summed E-state index contributed by atoms with van der Waals surface area (Å²) >= 11 is 0. The highest BCUT2D eigenvalue weighted by molar-refractivity contribution is 5.91. The molecule has 0 heterocycles. The van der Waals surface area contributed by atoms with Crippen LogP contribution in [0.4, 0.5) is 15.8 Å². The number of rotatable bonds is 5. The van der Waals surface area contributed by atoms with Crippen molar-refractivity contribution in [1.82, 2.24) is 0 Å². The molecule has 18 heavy (non-hydrogen) atoms. The van der Waals surface area contributed by atoms with Crippen molar-refractivity contribution in [3.05, 3.63) is 17.9 Å². The maximum Gasteiger partial charge on any atom is 0.306 e. The summed E-state index contributed by atoms with van der Waals surface area (Å²) in [5.41, 5.74) is 5.41. The molecule has 0 bridgehead atoms. The van der Waals surface area contributed by atoms with Gasteiger partial charge in [0.1, 0.15) is 11.4 Å². The average molecular weight is 256 g/mol. The topological polar surface area (TPSA) is 102 Å². The summed E-state index contributed by atoms with van der Waals surface area (Å²) in [6.45, 7) is 1.07. The fourth-order valence-corrected chi connectivity index (χ4v) is 1.26. The van der Waals surface area contributed by atoms with Gasteiger partial charge in [-0.05, 0) is 6.07 Å². The lowest BCUT2D eigenvalue weighted by Gasteiger charge is -2.12. The third kappa shape index (κ3) is 3.93. The number of carboxylic acid groups (broad SMARTS) is 1. The van der Waals surface area contributed by atoms with Gasteiger partial charge in [-0.1, -0.05) is 0 Å². The van der Waals surface area contributed by atoms with Gasteiger partial charge in [-0.2, -0.15) is 0 Å². The molecule has 0 aliphatic heterocycles. The van der Waals surface area contributed by atoms with E-state index in [2.05, 4.69) is 5.32 Å². The first-order valence-corrected chi connectivity index (χ1v) is 5.11. The van der Waals surface area contributed by atoms with Crippen LogP contribution in [0.3, 0.4) is 0 Å². The lowest BCUT2D eigenvalue weighted by Crippen LogP contribution is -2.12. The molecule has 0 saturated heterocycles. The number of nitrogen functional groups attached to an aromatic ring is 1. The second kappa shape index (κ2) is 5.85. The number of nitrogens with two attached hydrogens (primary N) is 1. The Hall–Kier alpha value is -2.31. The maximum atomic E-state index is 13.6. The molecule has 0 saturated carbocycles. The Morgan fingerprint density at radius 2 is 2.17 bits per heavy atom. The fraction of sp³-hybridized carbons (Fsp3) is 0.273. The van der Waals surface area contributed by atoms with Crippen molar-refractivity contribution in [3.63, 3.8) is 0 Å². The predicted molar refractivity (Wildman–Crippen MR) is 62.9 cm³/mol. The third-order valence-corrected chi connectivity index (χ3v) is 1.95. The molecular formula is C11H13FN2O4. The molecule has 1 aromatic carbocycles. The molecule has 98 valence electrons. The predicted octanol–water partition coefficient (Wildman–Crippen LogP) is 1.22. The van der Waals surface area contributed by atoms with Crippen molar-refractivity contribution >= 4 is 23.3 Å². The Kier molecular flexibility index (Phi) is 4.47. The molecule has 0 aliphatic rings. The maximum absolute atomic E-state index is 13.6. The number of halogens is 1. The van der Waals surface area contributed by atoms with Crippen LogP contribution in [0.5, 0.6) is 5.75 Å². The van der Waals surface area contributed by atoms with Crippen LogP contribution in [0.1, 0.15) is 13.3 Å². The molecule has 1 aromatic rings. The van der Waals surface area contributed by atoms with Crippen LogP contribution in [-0.4, -0.2) is 23.6 Å². The van der Waals surface area contributed by atoms with Crippen LogP contribution in [0, 0.1) is 5.82 Å². The van der Waals surface area contributed by atoms with E-state index in [-0.39, 0.29) is 30.2 Å². The zero-order chi connectivity index (χ0) is 13.7. The SMILES string of the molecule is CC(=O)Nc1c(F)cc(N)cc1OCCC(=O)O. The number of carboxylic acids is 1. The number of hydrogen-bond donors (Lipinski definition) is 3. The van der Waals surface area contributed by atoms with Crippen molar-refractivity contribution in [1.29, 1.82) is 0 Å². The van der Waals surface area contributed by atoms with Gasteiger partial charge in [-0.25, -0.2) is 4.39 Å². The Balaban J connectivity index is 2.92. The number of carbonyl (C=O) groups is 2. The van der Waals surface area contributed by atoms with Crippen LogP contribution < -0.4 is 15.8 Å². The summed E-state index contributed by atoms with van der Waals surface area (Å²) in [7, 11) is 0. The highest BCUT2D eigenvalue weighted by Crippen LogP contribution is 2.30. The van der Waals surface area contributed by atoms with Gasteiger partial charge in [0.15, 0.2) is 5.82 Å². The molecule has 0 fully saturated rings. The Labute approximate surface area is 103 Å². The second-order valence-corrected chi connectivity index (χ2v) is 3.55. The molecule has 4 N–H and O–H groups in total. The molecule has 0 atom stereocenters. The lowest BCUT2D eigenvalue weighted by molar-refractivity contribution is -0.137. The lowest BCUT2D eigenvalue weighted by atomic mass is 10.2. The molecule has 0 radical (unpaired) electrons. The van der Waals surface area contributed by atoms with Crippen LogP contribution in [-0.2, 0) is 9.59 Å². The van der Waals surface area contributed by atoms with E-state index in [4.69, 9.17) is 15.6 Å². The first kappa shape index (κ1) is 13.8. The van der Waals surface area contributed by atoms with Gasteiger partial charge in [-0.3, -0.25) is 9.59 Å². The monoisotopic (exact) mass is 256 g/mol. The van der Waals surface area contributed by atoms with Crippen LogP contribution in [0.15, 0.2) is 12.1 Å². The fourth-order valence-electron chi connectivity index (χ4n) is 1.26. The summed E-state index contributed by atoms with van der Waals surface area (Å²) in [6.07, 6.45) is -0.240. The highest BCUT2D eigenvalue weighted by atomic mass is 19.1. The van der Waals surface area contributed by atoms with Gasteiger partial charge >= 0.3 is 5.97 Å². The first-order chi connectivity index (χ1) is 8.40. The van der Waals surface area contributed by atoms with E-state index in [0.29, 0.717) is 0 Å². The number of anilines is 2. The smallest absolute Gasteiger partial charge is 0.306 e. The number of hydrogen-bond acceptors (Lipinski definition) is 4. The van der Waals surface area contributed by atoms with E-state index in [1.807, 2.05) is 0 Å². The van der Waals surface area contributed by atoms with Gasteiger partial charge in [0.05, 0.1) is 13.0 Å². The number of nitrogens with one attached hydrogen (secondary N) is 1. The van der Waals surface area contributed by atoms with Crippen LogP contribution >= 0.6 is 0 Å². The number of carbonyl (C=O) groups excluding carboxylic acids is 1. The zero-order valence-electron chi connectivity index (χ0n) is 9.70. The molecule has 0 unspecified atom stereocenters. The summed E-state index contributed by atoms with van der Waals surface area (Å²) in [5, 5.41) is 10.7. The second-order valence-electron chi connectivity index (χ2n) is 3.55. The quantitative estimate of drug-likeness (QED) is 0.687. The molecule has 0 aliphatic carbocycles. The minimum Gasteiger partial charge on any atom is -0.491 e. The molecule has 0 spiro atoms. The van der Waals surface area contributed by atoms with Gasteiger partial charge < -0.3 is 20.9 Å². The van der Waals surface area contributed by atoms with Crippen molar-refractivity contribution in [2.45, 2.75) is 13.3 Å². The summed E-state index contributed by atoms with van der Waals surface area (Å²) < 4.78 is 18.7. The van der Waals surface area contributed by atoms with E-state index in [9.17, 15) is 14.0 Å². The van der Waals surface area contributed by atoms with Crippen molar-refractivity contribution in [2.24, 2.45) is 0 Å². The van der Waals surface area contributed by atoms with E-state index < -0.39 is 17.7 Å². The Morgan fingerprint density at radius 1 is 1.50 bits per heavy atom. The largest absolute Gasteiger partial charge is 0.491 e.